The van der Waals surface area contributed by atoms with Crippen molar-refractivity contribution in [2.75, 3.05) is 19.0 Å². The second kappa shape index (κ2) is 9.43. The first-order chi connectivity index (χ1) is 15.6. The molecule has 0 bridgehead atoms. The summed E-state index contributed by atoms with van der Waals surface area (Å²) in [7, 11) is 3.53. The zero-order valence-corrected chi connectivity index (χ0v) is 18.5. The highest BCUT2D eigenvalue weighted by atomic mass is 16.2. The zero-order chi connectivity index (χ0) is 22.5. The Balaban J connectivity index is 1.76. The second-order valence-corrected chi connectivity index (χ2v) is 7.83. The van der Waals surface area contributed by atoms with Gasteiger partial charge in [0.05, 0.1) is 29.8 Å². The highest BCUT2D eigenvalue weighted by molar-refractivity contribution is 5.94. The van der Waals surface area contributed by atoms with Crippen LogP contribution in [-0.4, -0.2) is 34.9 Å². The van der Waals surface area contributed by atoms with Gasteiger partial charge in [-0.1, -0.05) is 36.4 Å². The molecule has 32 heavy (non-hydrogen) atoms. The number of anilines is 2. The number of nitrogens with zero attached hydrogens (tertiary/aromatic N) is 4. The lowest BCUT2D eigenvalue weighted by atomic mass is 9.93. The monoisotopic (exact) mass is 422 g/mol. The molecule has 1 unspecified atom stereocenters. The third-order valence-electron chi connectivity index (χ3n) is 5.50. The van der Waals surface area contributed by atoms with Gasteiger partial charge in [0.25, 0.3) is 5.91 Å². The van der Waals surface area contributed by atoms with Crippen molar-refractivity contribution >= 4 is 17.3 Å². The van der Waals surface area contributed by atoms with Gasteiger partial charge in [0.2, 0.25) is 0 Å². The van der Waals surface area contributed by atoms with Crippen LogP contribution in [0, 0.1) is 0 Å². The average Bonchev–Trinajstić information content (AvgIpc) is 2.85. The summed E-state index contributed by atoms with van der Waals surface area (Å²) in [5.74, 6) is -0.00228. The van der Waals surface area contributed by atoms with E-state index in [4.69, 9.17) is 0 Å². The van der Waals surface area contributed by atoms with Gasteiger partial charge in [0.15, 0.2) is 0 Å². The summed E-state index contributed by atoms with van der Waals surface area (Å²) in [6, 6.07) is 24.2. The van der Waals surface area contributed by atoms with Gasteiger partial charge < -0.3 is 9.80 Å². The maximum Gasteiger partial charge on any atom is 0.253 e. The fourth-order valence-corrected chi connectivity index (χ4v) is 3.90. The Morgan fingerprint density at radius 1 is 0.781 bits per heavy atom. The predicted molar refractivity (Wildman–Crippen MR) is 129 cm³/mol. The molecule has 2 aromatic carbocycles. The smallest absolute Gasteiger partial charge is 0.253 e. The number of rotatable bonds is 6. The topological polar surface area (TPSA) is 49.3 Å². The van der Waals surface area contributed by atoms with Gasteiger partial charge >= 0.3 is 0 Å². The van der Waals surface area contributed by atoms with Gasteiger partial charge in [-0.25, -0.2) is 0 Å². The quantitative estimate of drug-likeness (QED) is 0.397. The van der Waals surface area contributed by atoms with Crippen molar-refractivity contribution in [1.82, 2.24) is 14.9 Å². The summed E-state index contributed by atoms with van der Waals surface area (Å²) in [5, 5.41) is 0. The molecule has 0 radical (unpaired) electrons. The molecule has 0 saturated carbocycles. The van der Waals surface area contributed by atoms with E-state index in [9.17, 15) is 4.79 Å². The van der Waals surface area contributed by atoms with E-state index < -0.39 is 0 Å². The van der Waals surface area contributed by atoms with Crippen LogP contribution < -0.4 is 4.90 Å². The fraction of sp³-hybridized carbons (Fsp3) is 0.148. The average molecular weight is 423 g/mol. The first-order valence-electron chi connectivity index (χ1n) is 10.6. The molecule has 1 atom stereocenters. The predicted octanol–water partition coefficient (Wildman–Crippen LogP) is 5.74. The van der Waals surface area contributed by atoms with E-state index in [1.807, 2.05) is 54.9 Å². The molecule has 0 aliphatic heterocycles. The van der Waals surface area contributed by atoms with Crippen molar-refractivity contribution in [2.45, 2.75) is 13.0 Å². The molecule has 5 nitrogen and oxygen atoms in total. The van der Waals surface area contributed by atoms with Crippen LogP contribution in [0.2, 0.25) is 0 Å². The molecule has 0 spiro atoms. The van der Waals surface area contributed by atoms with Crippen molar-refractivity contribution in [3.63, 3.8) is 0 Å². The summed E-state index contributed by atoms with van der Waals surface area (Å²) in [6.45, 7) is 2.18. The van der Waals surface area contributed by atoms with Crippen LogP contribution in [0.3, 0.4) is 0 Å². The molecule has 0 aliphatic carbocycles. The van der Waals surface area contributed by atoms with Gasteiger partial charge in [-0.15, -0.1) is 0 Å². The summed E-state index contributed by atoms with van der Waals surface area (Å²) >= 11 is 0. The van der Waals surface area contributed by atoms with E-state index in [-0.39, 0.29) is 11.9 Å². The summed E-state index contributed by atoms with van der Waals surface area (Å²) in [5.41, 5.74) is 6.04. The molecule has 4 rings (SSSR count). The third kappa shape index (κ3) is 4.37. The molecular weight excluding hydrogens is 396 g/mol. The van der Waals surface area contributed by atoms with Gasteiger partial charge in [-0.3, -0.25) is 14.8 Å². The minimum atomic E-state index is -0.00228. The van der Waals surface area contributed by atoms with Gasteiger partial charge in [0.1, 0.15) is 0 Å². The minimum Gasteiger partial charge on any atom is -0.345 e. The van der Waals surface area contributed by atoms with Crippen LogP contribution >= 0.6 is 0 Å². The van der Waals surface area contributed by atoms with Crippen molar-refractivity contribution in [3.8, 4) is 11.1 Å². The molecule has 4 aromatic rings. The van der Waals surface area contributed by atoms with Crippen LogP contribution in [-0.2, 0) is 0 Å². The van der Waals surface area contributed by atoms with Crippen LogP contribution in [0.5, 0.6) is 0 Å². The van der Waals surface area contributed by atoms with Crippen molar-refractivity contribution in [3.05, 3.63) is 109 Å². The Morgan fingerprint density at radius 2 is 1.38 bits per heavy atom. The van der Waals surface area contributed by atoms with Gasteiger partial charge in [-0.05, 0) is 60.0 Å². The van der Waals surface area contributed by atoms with Gasteiger partial charge in [0, 0.05) is 32.1 Å². The van der Waals surface area contributed by atoms with Crippen LogP contribution in [0.15, 0.2) is 97.6 Å². The minimum absolute atomic E-state index is 0.00228. The van der Waals surface area contributed by atoms with Crippen LogP contribution in [0.25, 0.3) is 11.1 Å². The molecule has 0 fully saturated rings. The number of aromatic nitrogens is 2. The van der Waals surface area contributed by atoms with Gasteiger partial charge in [-0.2, -0.15) is 0 Å². The van der Waals surface area contributed by atoms with Crippen molar-refractivity contribution < 1.29 is 4.79 Å². The summed E-state index contributed by atoms with van der Waals surface area (Å²) < 4.78 is 0. The molecule has 2 heterocycles. The van der Waals surface area contributed by atoms with E-state index >= 15 is 0 Å². The first-order valence-corrected chi connectivity index (χ1v) is 10.6. The lowest BCUT2D eigenvalue weighted by molar-refractivity contribution is 0.0827. The van der Waals surface area contributed by atoms with Crippen molar-refractivity contribution in [1.29, 1.82) is 0 Å². The highest BCUT2D eigenvalue weighted by Gasteiger charge is 2.22. The Kier molecular flexibility index (Phi) is 6.26. The number of carbonyl (C=O) groups excluding carboxylic acids is 1. The van der Waals surface area contributed by atoms with E-state index in [1.54, 1.807) is 31.4 Å². The highest BCUT2D eigenvalue weighted by Crippen LogP contribution is 2.38. The van der Waals surface area contributed by atoms with E-state index in [1.165, 1.54) is 5.56 Å². The molecule has 1 amide bonds. The number of carbonyl (C=O) groups is 1. The second-order valence-electron chi connectivity index (χ2n) is 7.83. The van der Waals surface area contributed by atoms with Crippen LogP contribution in [0.1, 0.15) is 28.9 Å². The zero-order valence-electron chi connectivity index (χ0n) is 18.5. The number of hydrogen-bond acceptors (Lipinski definition) is 4. The maximum atomic E-state index is 12.3. The molecule has 160 valence electrons. The SMILES string of the molecule is CC(c1ccccc1-c1ccc(C(=O)N(C)C)cc1)N(c1cccnc1)c1cccnc1. The molecule has 0 N–H and O–H groups in total. The normalized spacial score (nSPS) is 11.6. The number of hydrogen-bond donors (Lipinski definition) is 0. The summed E-state index contributed by atoms with van der Waals surface area (Å²) in [4.78, 5) is 24.8. The van der Waals surface area contributed by atoms with Crippen molar-refractivity contribution in [2.24, 2.45) is 0 Å². The Bertz CT molecular complexity index is 1140. The molecule has 5 heteroatoms. The standard InChI is InChI=1S/C27H26N4O/c1-20(31(23-8-6-16-28-18-23)24-9-7-17-29-19-24)25-10-4-5-11-26(25)21-12-14-22(15-13-21)27(32)30(2)3/h4-20H,1-3H3. The fourth-order valence-electron chi connectivity index (χ4n) is 3.90. The molecule has 0 saturated heterocycles. The Morgan fingerprint density at radius 3 is 1.91 bits per heavy atom. The van der Waals surface area contributed by atoms with E-state index in [0.29, 0.717) is 5.56 Å². The van der Waals surface area contributed by atoms with E-state index in [0.717, 1.165) is 22.5 Å². The number of benzene rings is 2. The number of pyridine rings is 2. The summed E-state index contributed by atoms with van der Waals surface area (Å²) in [6.07, 6.45) is 7.29. The molecule has 2 aromatic heterocycles. The molecular formula is C27H26N4O. The van der Waals surface area contributed by atoms with Crippen LogP contribution in [0.4, 0.5) is 11.4 Å². The Labute approximate surface area is 189 Å². The Hall–Kier alpha value is -3.99. The van der Waals surface area contributed by atoms with E-state index in [2.05, 4.69) is 52.1 Å². The lowest BCUT2D eigenvalue weighted by Gasteiger charge is -2.32. The number of amides is 1. The maximum absolute atomic E-state index is 12.3. The first kappa shape index (κ1) is 21.2. The third-order valence-corrected chi connectivity index (χ3v) is 5.50. The largest absolute Gasteiger partial charge is 0.345 e. The lowest BCUT2D eigenvalue weighted by Crippen LogP contribution is -2.22. The molecule has 0 aliphatic rings.